The summed E-state index contributed by atoms with van der Waals surface area (Å²) in [5, 5.41) is 19.6. The van der Waals surface area contributed by atoms with Crippen molar-refractivity contribution in [1.82, 2.24) is 45.2 Å². The highest BCUT2D eigenvalue weighted by Gasteiger charge is 2.23. The Hall–Kier alpha value is -4.03. The van der Waals surface area contributed by atoms with Gasteiger partial charge in [0.15, 0.2) is 17.4 Å². The van der Waals surface area contributed by atoms with Crippen LogP contribution < -0.4 is 9.64 Å². The molecule has 0 amide bonds. The van der Waals surface area contributed by atoms with Crippen molar-refractivity contribution in [2.45, 2.75) is 25.5 Å². The molecule has 11 nitrogen and oxygen atoms in total. The molecule has 0 aliphatic carbocycles. The molecule has 13 heteroatoms. The van der Waals surface area contributed by atoms with E-state index in [-0.39, 0.29) is 18.4 Å². The van der Waals surface area contributed by atoms with E-state index in [0.29, 0.717) is 30.4 Å². The Labute approximate surface area is 180 Å². The molecular weight excluding hydrogens is 422 g/mol. The van der Waals surface area contributed by atoms with E-state index >= 15 is 0 Å². The van der Waals surface area contributed by atoms with E-state index in [1.807, 2.05) is 4.90 Å². The van der Waals surface area contributed by atoms with Gasteiger partial charge in [-0.05, 0) is 35.4 Å². The number of benzene rings is 1. The molecule has 0 N–H and O–H groups in total. The van der Waals surface area contributed by atoms with E-state index in [1.54, 1.807) is 17.1 Å². The second-order valence-corrected chi connectivity index (χ2v) is 7.23. The van der Waals surface area contributed by atoms with E-state index in [1.165, 1.54) is 23.1 Å². The number of anilines is 1. The summed E-state index contributed by atoms with van der Waals surface area (Å²) in [7, 11) is 0. The van der Waals surface area contributed by atoms with Crippen LogP contribution in [0, 0.1) is 11.6 Å². The molecule has 0 saturated carbocycles. The molecule has 1 aromatic carbocycles. The standard InChI is InChI=1S/C19H18F2N10O/c20-13-8-22-19(23-9-13)29-5-3-15(4-6-29)31-25-10-14(26-31)11-32-18-2-1-16(7-17(18)21)30-12-24-27-28-30/h1-2,7-10,12,15H,3-6,11H2. The molecule has 3 aromatic heterocycles. The van der Waals surface area contributed by atoms with E-state index < -0.39 is 11.6 Å². The van der Waals surface area contributed by atoms with Gasteiger partial charge in [0.1, 0.15) is 18.6 Å². The van der Waals surface area contributed by atoms with Crippen LogP contribution in [0.25, 0.3) is 5.69 Å². The minimum atomic E-state index is -0.527. The summed E-state index contributed by atoms with van der Waals surface area (Å²) in [4.78, 5) is 11.7. The molecule has 0 atom stereocenters. The van der Waals surface area contributed by atoms with Crippen LogP contribution in [-0.4, -0.2) is 58.3 Å². The second-order valence-electron chi connectivity index (χ2n) is 7.23. The fourth-order valence-electron chi connectivity index (χ4n) is 3.50. The fraction of sp³-hybridized carbons (Fsp3) is 0.316. The third-order valence-electron chi connectivity index (χ3n) is 5.14. The van der Waals surface area contributed by atoms with Gasteiger partial charge in [0.05, 0.1) is 30.3 Å². The van der Waals surface area contributed by atoms with Gasteiger partial charge in [-0.2, -0.15) is 15.0 Å². The largest absolute Gasteiger partial charge is 0.484 e. The summed E-state index contributed by atoms with van der Waals surface area (Å²) in [5.41, 5.74) is 1.08. The monoisotopic (exact) mass is 440 g/mol. The van der Waals surface area contributed by atoms with E-state index in [2.05, 4.69) is 35.7 Å². The number of piperidine rings is 1. The van der Waals surface area contributed by atoms with Gasteiger partial charge in [-0.1, -0.05) is 0 Å². The predicted octanol–water partition coefficient (Wildman–Crippen LogP) is 1.74. The van der Waals surface area contributed by atoms with Crippen LogP contribution in [0.5, 0.6) is 5.75 Å². The highest BCUT2D eigenvalue weighted by Crippen LogP contribution is 2.24. The number of aromatic nitrogens is 9. The smallest absolute Gasteiger partial charge is 0.225 e. The van der Waals surface area contributed by atoms with Crippen molar-refractivity contribution in [2.24, 2.45) is 0 Å². The van der Waals surface area contributed by atoms with Crippen LogP contribution in [0.2, 0.25) is 0 Å². The molecule has 4 heterocycles. The molecule has 1 saturated heterocycles. The fourth-order valence-corrected chi connectivity index (χ4v) is 3.50. The summed E-state index contributed by atoms with van der Waals surface area (Å²) < 4.78 is 34.3. The van der Waals surface area contributed by atoms with Gasteiger partial charge < -0.3 is 9.64 Å². The Balaban J connectivity index is 1.17. The Bertz CT molecular complexity index is 1170. The van der Waals surface area contributed by atoms with Crippen molar-refractivity contribution in [3.63, 3.8) is 0 Å². The molecular formula is C19H18F2N10O. The number of nitrogens with zero attached hydrogens (tertiary/aromatic N) is 10. The SMILES string of the molecule is Fc1cnc(N2CCC(n3ncc(COc4ccc(-n5cnnn5)cc4F)n3)CC2)nc1. The van der Waals surface area contributed by atoms with Crippen LogP contribution in [0.15, 0.2) is 43.1 Å². The van der Waals surface area contributed by atoms with Gasteiger partial charge in [-0.3, -0.25) is 0 Å². The van der Waals surface area contributed by atoms with Crippen molar-refractivity contribution in [3.05, 3.63) is 60.4 Å². The molecule has 1 aliphatic heterocycles. The molecule has 4 aromatic rings. The third kappa shape index (κ3) is 4.22. The Kier molecular flexibility index (Phi) is 5.35. The summed E-state index contributed by atoms with van der Waals surface area (Å²) >= 11 is 0. The average molecular weight is 440 g/mol. The molecule has 0 bridgehead atoms. The molecule has 0 unspecified atom stereocenters. The number of ether oxygens (including phenoxy) is 1. The van der Waals surface area contributed by atoms with E-state index in [4.69, 9.17) is 4.74 Å². The minimum absolute atomic E-state index is 0.0867. The molecule has 1 aliphatic rings. The van der Waals surface area contributed by atoms with E-state index in [9.17, 15) is 8.78 Å². The molecule has 0 radical (unpaired) electrons. The Morgan fingerprint density at radius 2 is 1.88 bits per heavy atom. The summed E-state index contributed by atoms with van der Waals surface area (Å²) in [6.07, 6.45) is 6.91. The normalized spacial score (nSPS) is 14.6. The van der Waals surface area contributed by atoms with Crippen LogP contribution in [-0.2, 0) is 6.61 Å². The van der Waals surface area contributed by atoms with Gasteiger partial charge in [0.2, 0.25) is 5.95 Å². The van der Waals surface area contributed by atoms with Gasteiger partial charge in [-0.25, -0.2) is 23.4 Å². The molecule has 0 spiro atoms. The quantitative estimate of drug-likeness (QED) is 0.442. The maximum Gasteiger partial charge on any atom is 0.225 e. The van der Waals surface area contributed by atoms with Crippen LogP contribution in [0.4, 0.5) is 14.7 Å². The predicted molar refractivity (Wildman–Crippen MR) is 106 cm³/mol. The number of hydrogen-bond donors (Lipinski definition) is 0. The zero-order valence-corrected chi connectivity index (χ0v) is 16.8. The van der Waals surface area contributed by atoms with Gasteiger partial charge in [0.25, 0.3) is 0 Å². The first-order chi connectivity index (χ1) is 15.7. The maximum atomic E-state index is 14.4. The number of tetrazole rings is 1. The highest BCUT2D eigenvalue weighted by atomic mass is 19.1. The van der Waals surface area contributed by atoms with Crippen molar-refractivity contribution in [1.29, 1.82) is 0 Å². The molecule has 32 heavy (non-hydrogen) atoms. The molecule has 1 fully saturated rings. The lowest BCUT2D eigenvalue weighted by atomic mass is 10.1. The first-order valence-corrected chi connectivity index (χ1v) is 9.94. The van der Waals surface area contributed by atoms with Crippen LogP contribution in [0.1, 0.15) is 24.6 Å². The van der Waals surface area contributed by atoms with Crippen LogP contribution >= 0.6 is 0 Å². The Morgan fingerprint density at radius 1 is 1.06 bits per heavy atom. The second kappa shape index (κ2) is 8.61. The molecule has 164 valence electrons. The number of halogens is 2. The lowest BCUT2D eigenvalue weighted by Crippen LogP contribution is -2.36. The summed E-state index contributed by atoms with van der Waals surface area (Å²) in [6, 6.07) is 4.59. The summed E-state index contributed by atoms with van der Waals surface area (Å²) in [6.45, 7) is 1.51. The maximum absolute atomic E-state index is 14.4. The van der Waals surface area contributed by atoms with Gasteiger partial charge >= 0.3 is 0 Å². The average Bonchev–Trinajstić information content (AvgIpc) is 3.52. The Morgan fingerprint density at radius 3 is 2.59 bits per heavy atom. The summed E-state index contributed by atoms with van der Waals surface area (Å²) in [5.74, 6) is -0.368. The van der Waals surface area contributed by atoms with Crippen LogP contribution in [0.3, 0.4) is 0 Å². The highest BCUT2D eigenvalue weighted by molar-refractivity contribution is 5.37. The van der Waals surface area contributed by atoms with Crippen molar-refractivity contribution in [3.8, 4) is 11.4 Å². The van der Waals surface area contributed by atoms with Crippen molar-refractivity contribution in [2.75, 3.05) is 18.0 Å². The lowest BCUT2D eigenvalue weighted by Gasteiger charge is -2.31. The van der Waals surface area contributed by atoms with Crippen molar-refractivity contribution < 1.29 is 13.5 Å². The first kappa shape index (κ1) is 19.9. The topological polar surface area (TPSA) is 113 Å². The van der Waals surface area contributed by atoms with E-state index in [0.717, 1.165) is 25.2 Å². The zero-order valence-electron chi connectivity index (χ0n) is 16.8. The number of rotatable bonds is 6. The van der Waals surface area contributed by atoms with Crippen molar-refractivity contribution >= 4 is 5.95 Å². The van der Waals surface area contributed by atoms with Gasteiger partial charge in [0, 0.05) is 19.2 Å². The molecule has 5 rings (SSSR count). The zero-order chi connectivity index (χ0) is 21.9. The lowest BCUT2D eigenvalue weighted by molar-refractivity contribution is 0.279. The first-order valence-electron chi connectivity index (χ1n) is 9.94. The third-order valence-corrected chi connectivity index (χ3v) is 5.14. The minimum Gasteiger partial charge on any atom is -0.484 e. The van der Waals surface area contributed by atoms with Gasteiger partial charge in [-0.15, -0.1) is 5.10 Å². The number of hydrogen-bond acceptors (Lipinski definition) is 9.